The van der Waals surface area contributed by atoms with Crippen molar-refractivity contribution in [2.24, 2.45) is 0 Å². The molecule has 0 unspecified atom stereocenters. The Balaban J connectivity index is 1.70. The van der Waals surface area contributed by atoms with Crippen LogP contribution in [0.2, 0.25) is 0 Å². The number of hydrogen-bond donors (Lipinski definition) is 1. The number of nitrogens with one attached hydrogen (secondary N) is 1. The van der Waals surface area contributed by atoms with E-state index >= 15 is 0 Å². The maximum Gasteiger partial charge on any atom is 0.247 e. The van der Waals surface area contributed by atoms with E-state index in [0.717, 1.165) is 38.2 Å². The number of nitrogens with zero attached hydrogens (tertiary/aromatic N) is 4. The van der Waals surface area contributed by atoms with E-state index in [4.69, 9.17) is 9.15 Å². The first-order valence-electron chi connectivity index (χ1n) is 8.74. The summed E-state index contributed by atoms with van der Waals surface area (Å²) in [5.41, 5.74) is 1.33. The molecule has 0 radical (unpaired) electrons. The number of rotatable bonds is 5. The van der Waals surface area contributed by atoms with Crippen molar-refractivity contribution in [3.05, 3.63) is 24.1 Å². The zero-order valence-electron chi connectivity index (χ0n) is 15.5. The minimum Gasteiger partial charge on any atom is -0.495 e. The maximum absolute atomic E-state index is 12.5. The smallest absolute Gasteiger partial charge is 0.247 e. The molecule has 8 nitrogen and oxygen atoms in total. The number of ether oxygens (including phenoxy) is 1. The average Bonchev–Trinajstić information content (AvgIpc) is 2.95. The number of amides is 1. The fourth-order valence-corrected chi connectivity index (χ4v) is 3.00. The van der Waals surface area contributed by atoms with E-state index in [-0.39, 0.29) is 5.91 Å². The van der Waals surface area contributed by atoms with E-state index in [2.05, 4.69) is 32.4 Å². The van der Waals surface area contributed by atoms with Crippen molar-refractivity contribution in [1.82, 2.24) is 20.0 Å². The third kappa shape index (κ3) is 4.59. The predicted molar refractivity (Wildman–Crippen MR) is 98.2 cm³/mol. The standard InChI is InChI=1S/C18H25N5O3/c1-13-20-21-18(26-13)14-5-6-16(25-3)15(11-14)19-17(24)12-23-8-4-7-22(2)9-10-23/h5-6,11H,4,7-10,12H2,1-3H3,(H,19,24). The van der Waals surface area contributed by atoms with Gasteiger partial charge in [-0.05, 0) is 44.8 Å². The van der Waals surface area contributed by atoms with E-state index in [1.807, 2.05) is 6.07 Å². The van der Waals surface area contributed by atoms with Crippen LogP contribution in [-0.2, 0) is 4.79 Å². The molecule has 2 aromatic rings. The average molecular weight is 359 g/mol. The molecule has 0 bridgehead atoms. The van der Waals surface area contributed by atoms with Gasteiger partial charge in [-0.1, -0.05) is 0 Å². The Kier molecular flexibility index (Phi) is 5.85. The predicted octanol–water partition coefficient (Wildman–Crippen LogP) is 1.63. The summed E-state index contributed by atoms with van der Waals surface area (Å²) in [5, 5.41) is 10.8. The number of anilines is 1. The molecule has 140 valence electrons. The number of aryl methyl sites for hydroxylation is 1. The summed E-state index contributed by atoms with van der Waals surface area (Å²) in [6.07, 6.45) is 1.07. The lowest BCUT2D eigenvalue weighted by atomic mass is 10.2. The summed E-state index contributed by atoms with van der Waals surface area (Å²) >= 11 is 0. The molecular weight excluding hydrogens is 334 g/mol. The Hall–Kier alpha value is -2.45. The first kappa shape index (κ1) is 18.3. The zero-order valence-corrected chi connectivity index (χ0v) is 15.5. The number of likely N-dealkylation sites (N-methyl/N-ethyl adjacent to an activating group) is 1. The molecule has 1 fully saturated rings. The minimum atomic E-state index is -0.0632. The first-order valence-corrected chi connectivity index (χ1v) is 8.74. The number of aromatic nitrogens is 2. The van der Waals surface area contributed by atoms with Crippen LogP contribution in [0, 0.1) is 6.92 Å². The third-order valence-electron chi connectivity index (χ3n) is 4.43. The number of methoxy groups -OCH3 is 1. The van der Waals surface area contributed by atoms with Crippen molar-refractivity contribution < 1.29 is 13.9 Å². The highest BCUT2D eigenvalue weighted by atomic mass is 16.5. The summed E-state index contributed by atoms with van der Waals surface area (Å²) in [4.78, 5) is 17.0. The highest BCUT2D eigenvalue weighted by molar-refractivity contribution is 5.94. The van der Waals surface area contributed by atoms with Gasteiger partial charge < -0.3 is 19.4 Å². The summed E-state index contributed by atoms with van der Waals surface area (Å²) in [7, 11) is 3.69. The maximum atomic E-state index is 12.5. The highest BCUT2D eigenvalue weighted by Crippen LogP contribution is 2.30. The molecule has 0 spiro atoms. The summed E-state index contributed by atoms with van der Waals surface area (Å²) in [5.74, 6) is 1.43. The number of hydrogen-bond acceptors (Lipinski definition) is 7. The number of carbonyl (C=O) groups excluding carboxylic acids is 1. The molecule has 1 aromatic heterocycles. The van der Waals surface area contributed by atoms with Crippen LogP contribution in [0.5, 0.6) is 5.75 Å². The van der Waals surface area contributed by atoms with Gasteiger partial charge in [-0.25, -0.2) is 0 Å². The summed E-state index contributed by atoms with van der Waals surface area (Å²) in [6, 6.07) is 5.40. The van der Waals surface area contributed by atoms with Crippen molar-refractivity contribution in [3.8, 4) is 17.2 Å². The van der Waals surface area contributed by atoms with Crippen LogP contribution in [0.3, 0.4) is 0 Å². The molecule has 0 atom stereocenters. The van der Waals surface area contributed by atoms with E-state index < -0.39 is 0 Å². The lowest BCUT2D eigenvalue weighted by Crippen LogP contribution is -2.35. The lowest BCUT2D eigenvalue weighted by molar-refractivity contribution is -0.117. The fraction of sp³-hybridized carbons (Fsp3) is 0.500. The second kappa shape index (κ2) is 8.29. The molecule has 2 heterocycles. The van der Waals surface area contributed by atoms with Gasteiger partial charge in [0.05, 0.1) is 19.3 Å². The monoisotopic (exact) mass is 359 g/mol. The van der Waals surface area contributed by atoms with Gasteiger partial charge in [-0.2, -0.15) is 0 Å². The molecule has 0 saturated carbocycles. The van der Waals surface area contributed by atoms with Gasteiger partial charge in [-0.3, -0.25) is 9.69 Å². The van der Waals surface area contributed by atoms with Gasteiger partial charge in [0.15, 0.2) is 0 Å². The van der Waals surface area contributed by atoms with Crippen LogP contribution in [0.25, 0.3) is 11.5 Å². The highest BCUT2D eigenvalue weighted by Gasteiger charge is 2.17. The lowest BCUT2D eigenvalue weighted by Gasteiger charge is -2.20. The van der Waals surface area contributed by atoms with Crippen LogP contribution < -0.4 is 10.1 Å². The van der Waals surface area contributed by atoms with Crippen LogP contribution in [-0.4, -0.2) is 72.8 Å². The molecule has 1 amide bonds. The number of benzene rings is 1. The molecule has 1 aliphatic rings. The van der Waals surface area contributed by atoms with Gasteiger partial charge in [0.2, 0.25) is 17.7 Å². The van der Waals surface area contributed by atoms with Crippen LogP contribution in [0.4, 0.5) is 5.69 Å². The molecule has 1 aromatic carbocycles. The van der Waals surface area contributed by atoms with Gasteiger partial charge in [0.1, 0.15) is 5.75 Å². The number of carbonyl (C=O) groups is 1. The van der Waals surface area contributed by atoms with Gasteiger partial charge in [-0.15, -0.1) is 10.2 Å². The zero-order chi connectivity index (χ0) is 18.5. The molecule has 26 heavy (non-hydrogen) atoms. The fourth-order valence-electron chi connectivity index (χ4n) is 3.00. The Morgan fingerprint density at radius 2 is 2.12 bits per heavy atom. The topological polar surface area (TPSA) is 83.7 Å². The third-order valence-corrected chi connectivity index (χ3v) is 4.43. The van der Waals surface area contributed by atoms with Gasteiger partial charge in [0.25, 0.3) is 0 Å². The van der Waals surface area contributed by atoms with Gasteiger partial charge >= 0.3 is 0 Å². The van der Waals surface area contributed by atoms with E-state index in [1.165, 1.54) is 0 Å². The second-order valence-corrected chi connectivity index (χ2v) is 6.52. The van der Waals surface area contributed by atoms with Crippen molar-refractivity contribution in [1.29, 1.82) is 0 Å². The minimum absolute atomic E-state index is 0.0632. The Bertz CT molecular complexity index is 761. The quantitative estimate of drug-likeness (QED) is 0.868. The molecule has 8 heteroatoms. The SMILES string of the molecule is COc1ccc(-c2nnc(C)o2)cc1NC(=O)CN1CCCN(C)CC1. The Morgan fingerprint density at radius 3 is 2.85 bits per heavy atom. The van der Waals surface area contributed by atoms with Crippen molar-refractivity contribution in [2.45, 2.75) is 13.3 Å². The van der Waals surface area contributed by atoms with Crippen LogP contribution in [0.1, 0.15) is 12.3 Å². The van der Waals surface area contributed by atoms with E-state index in [9.17, 15) is 4.79 Å². The Morgan fingerprint density at radius 1 is 1.27 bits per heavy atom. The summed E-state index contributed by atoms with van der Waals surface area (Å²) in [6.45, 7) is 5.96. The van der Waals surface area contributed by atoms with Crippen LogP contribution in [0.15, 0.2) is 22.6 Å². The van der Waals surface area contributed by atoms with Crippen molar-refractivity contribution in [3.63, 3.8) is 0 Å². The van der Waals surface area contributed by atoms with Gasteiger partial charge in [0, 0.05) is 25.6 Å². The van der Waals surface area contributed by atoms with Crippen LogP contribution >= 0.6 is 0 Å². The molecule has 1 aliphatic heterocycles. The van der Waals surface area contributed by atoms with E-state index in [0.29, 0.717) is 29.8 Å². The largest absolute Gasteiger partial charge is 0.495 e. The molecular formula is C18H25N5O3. The van der Waals surface area contributed by atoms with Crippen molar-refractivity contribution in [2.75, 3.05) is 52.2 Å². The molecule has 3 rings (SSSR count). The molecule has 1 saturated heterocycles. The summed E-state index contributed by atoms with van der Waals surface area (Å²) < 4.78 is 10.8. The van der Waals surface area contributed by atoms with Crippen molar-refractivity contribution >= 4 is 11.6 Å². The Labute approximate surface area is 153 Å². The molecule has 0 aliphatic carbocycles. The first-order chi connectivity index (χ1) is 12.5. The normalized spacial score (nSPS) is 16.3. The molecule has 1 N–H and O–H groups in total. The van der Waals surface area contributed by atoms with E-state index in [1.54, 1.807) is 26.2 Å². The second-order valence-electron chi connectivity index (χ2n) is 6.52.